The summed E-state index contributed by atoms with van der Waals surface area (Å²) in [5, 5.41) is 10.5. The predicted molar refractivity (Wildman–Crippen MR) is 110 cm³/mol. The molecule has 2 aromatic heterocycles. The maximum absolute atomic E-state index is 4.75. The lowest BCUT2D eigenvalue weighted by molar-refractivity contribution is 0.361. The van der Waals surface area contributed by atoms with Gasteiger partial charge in [-0.15, -0.1) is 0 Å². The highest BCUT2D eigenvalue weighted by Crippen LogP contribution is 2.25. The Morgan fingerprint density at radius 1 is 1.07 bits per heavy atom. The number of pyridine rings is 1. The fourth-order valence-corrected chi connectivity index (χ4v) is 4.09. The molecule has 0 radical (unpaired) electrons. The SMILES string of the molecule is c1cncc(-c2cc(NCCC3CCNCC3)nc(NC3CCCC3)n2)c1. The van der Waals surface area contributed by atoms with E-state index in [-0.39, 0.29) is 0 Å². The van der Waals surface area contributed by atoms with Gasteiger partial charge in [0.15, 0.2) is 0 Å². The molecule has 1 saturated heterocycles. The highest BCUT2D eigenvalue weighted by atomic mass is 15.2. The predicted octanol–water partition coefficient (Wildman–Crippen LogP) is 3.69. The zero-order valence-corrected chi connectivity index (χ0v) is 16.0. The maximum atomic E-state index is 4.75. The number of aromatic nitrogens is 3. The van der Waals surface area contributed by atoms with Gasteiger partial charge in [-0.25, -0.2) is 4.98 Å². The van der Waals surface area contributed by atoms with E-state index in [2.05, 4.69) is 20.9 Å². The van der Waals surface area contributed by atoms with Crippen molar-refractivity contribution in [3.05, 3.63) is 30.6 Å². The quantitative estimate of drug-likeness (QED) is 0.694. The van der Waals surface area contributed by atoms with Gasteiger partial charge in [0.25, 0.3) is 0 Å². The number of hydrogen-bond acceptors (Lipinski definition) is 6. The molecule has 144 valence electrons. The topological polar surface area (TPSA) is 74.8 Å². The first-order chi connectivity index (χ1) is 13.4. The van der Waals surface area contributed by atoms with Crippen molar-refractivity contribution in [1.29, 1.82) is 0 Å². The Morgan fingerprint density at radius 2 is 1.93 bits per heavy atom. The molecule has 1 aliphatic heterocycles. The minimum Gasteiger partial charge on any atom is -0.370 e. The van der Waals surface area contributed by atoms with Crippen LogP contribution in [0.15, 0.2) is 30.6 Å². The molecule has 27 heavy (non-hydrogen) atoms. The molecule has 2 aromatic rings. The second-order valence-electron chi connectivity index (χ2n) is 7.74. The van der Waals surface area contributed by atoms with Gasteiger partial charge in [0.05, 0.1) is 5.69 Å². The molecule has 4 rings (SSSR count). The van der Waals surface area contributed by atoms with Gasteiger partial charge in [0, 0.05) is 36.6 Å². The van der Waals surface area contributed by atoms with Gasteiger partial charge in [-0.05, 0) is 63.2 Å². The second-order valence-corrected chi connectivity index (χ2v) is 7.74. The molecule has 0 aromatic carbocycles. The summed E-state index contributed by atoms with van der Waals surface area (Å²) in [6.07, 6.45) is 12.4. The van der Waals surface area contributed by atoms with E-state index in [9.17, 15) is 0 Å². The van der Waals surface area contributed by atoms with Crippen molar-refractivity contribution in [3.63, 3.8) is 0 Å². The highest BCUT2D eigenvalue weighted by molar-refractivity contribution is 5.63. The molecule has 0 atom stereocenters. The van der Waals surface area contributed by atoms with Crippen LogP contribution in [0.4, 0.5) is 11.8 Å². The summed E-state index contributed by atoms with van der Waals surface area (Å²) in [4.78, 5) is 13.7. The molecule has 1 saturated carbocycles. The minimum atomic E-state index is 0.497. The monoisotopic (exact) mass is 366 g/mol. The van der Waals surface area contributed by atoms with E-state index >= 15 is 0 Å². The van der Waals surface area contributed by atoms with Crippen LogP contribution in [0, 0.1) is 5.92 Å². The Morgan fingerprint density at radius 3 is 2.70 bits per heavy atom. The first-order valence-corrected chi connectivity index (χ1v) is 10.4. The average Bonchev–Trinajstić information content (AvgIpc) is 3.22. The summed E-state index contributed by atoms with van der Waals surface area (Å²) in [7, 11) is 0. The Bertz CT molecular complexity index is 708. The summed E-state index contributed by atoms with van der Waals surface area (Å²) < 4.78 is 0. The van der Waals surface area contributed by atoms with Crippen molar-refractivity contribution < 1.29 is 0 Å². The molecule has 1 aliphatic carbocycles. The van der Waals surface area contributed by atoms with E-state index < -0.39 is 0 Å². The number of nitrogens with one attached hydrogen (secondary N) is 3. The minimum absolute atomic E-state index is 0.497. The lowest BCUT2D eigenvalue weighted by Gasteiger charge is -2.22. The van der Waals surface area contributed by atoms with E-state index in [1.807, 2.05) is 24.4 Å². The van der Waals surface area contributed by atoms with Crippen molar-refractivity contribution in [2.75, 3.05) is 30.3 Å². The third kappa shape index (κ3) is 5.16. The van der Waals surface area contributed by atoms with Gasteiger partial charge in [0.1, 0.15) is 5.82 Å². The van der Waals surface area contributed by atoms with Crippen molar-refractivity contribution >= 4 is 11.8 Å². The number of rotatable bonds is 7. The van der Waals surface area contributed by atoms with Crippen LogP contribution in [0.5, 0.6) is 0 Å². The lowest BCUT2D eigenvalue weighted by Crippen LogP contribution is -2.28. The van der Waals surface area contributed by atoms with Gasteiger partial charge in [-0.3, -0.25) is 4.98 Å². The zero-order valence-electron chi connectivity index (χ0n) is 16.0. The fourth-order valence-electron chi connectivity index (χ4n) is 4.09. The fraction of sp³-hybridized carbons (Fsp3) is 0.571. The van der Waals surface area contributed by atoms with Gasteiger partial charge in [0.2, 0.25) is 5.95 Å². The number of hydrogen-bond donors (Lipinski definition) is 3. The molecule has 6 heteroatoms. The van der Waals surface area contributed by atoms with Crippen LogP contribution >= 0.6 is 0 Å². The molecule has 3 heterocycles. The molecular weight excluding hydrogens is 336 g/mol. The Kier molecular flexibility index (Phi) is 6.14. The van der Waals surface area contributed by atoms with Crippen molar-refractivity contribution in [3.8, 4) is 11.3 Å². The Hall–Kier alpha value is -2.21. The second kappa shape index (κ2) is 9.13. The standard InChI is InChI=1S/C21H30N6/c1-2-6-18(5-1)25-21-26-19(17-4-3-10-23-15-17)14-20(27-21)24-13-9-16-7-11-22-12-8-16/h3-4,10,14-16,18,22H,1-2,5-9,11-13H2,(H2,24,25,26,27). The molecule has 0 amide bonds. The largest absolute Gasteiger partial charge is 0.370 e. The summed E-state index contributed by atoms with van der Waals surface area (Å²) in [6.45, 7) is 3.26. The summed E-state index contributed by atoms with van der Waals surface area (Å²) in [6, 6.07) is 6.54. The molecule has 2 aliphatic rings. The van der Waals surface area contributed by atoms with Crippen LogP contribution in [-0.4, -0.2) is 40.6 Å². The third-order valence-corrected chi connectivity index (χ3v) is 5.69. The van der Waals surface area contributed by atoms with Gasteiger partial charge < -0.3 is 16.0 Å². The van der Waals surface area contributed by atoms with Crippen LogP contribution in [0.1, 0.15) is 44.9 Å². The van der Waals surface area contributed by atoms with Crippen molar-refractivity contribution in [2.24, 2.45) is 5.92 Å². The van der Waals surface area contributed by atoms with Gasteiger partial charge >= 0.3 is 0 Å². The van der Waals surface area contributed by atoms with E-state index in [0.717, 1.165) is 48.6 Å². The summed E-state index contributed by atoms with van der Waals surface area (Å²) in [5.41, 5.74) is 1.94. The van der Waals surface area contributed by atoms with E-state index in [0.29, 0.717) is 6.04 Å². The van der Waals surface area contributed by atoms with Crippen LogP contribution in [0.25, 0.3) is 11.3 Å². The number of nitrogens with zero attached hydrogens (tertiary/aromatic N) is 3. The van der Waals surface area contributed by atoms with Crippen LogP contribution < -0.4 is 16.0 Å². The van der Waals surface area contributed by atoms with Crippen LogP contribution in [0.2, 0.25) is 0 Å². The summed E-state index contributed by atoms with van der Waals surface area (Å²) >= 11 is 0. The van der Waals surface area contributed by atoms with E-state index in [4.69, 9.17) is 9.97 Å². The zero-order chi connectivity index (χ0) is 18.3. The van der Waals surface area contributed by atoms with Crippen molar-refractivity contribution in [2.45, 2.75) is 51.0 Å². The Labute approximate surface area is 161 Å². The molecular formula is C21H30N6. The average molecular weight is 367 g/mol. The van der Waals surface area contributed by atoms with Crippen LogP contribution in [-0.2, 0) is 0 Å². The first-order valence-electron chi connectivity index (χ1n) is 10.4. The molecule has 0 spiro atoms. The van der Waals surface area contributed by atoms with Crippen LogP contribution in [0.3, 0.4) is 0 Å². The highest BCUT2D eigenvalue weighted by Gasteiger charge is 2.17. The van der Waals surface area contributed by atoms with E-state index in [1.165, 1.54) is 44.9 Å². The maximum Gasteiger partial charge on any atom is 0.225 e. The molecule has 6 nitrogen and oxygen atoms in total. The third-order valence-electron chi connectivity index (χ3n) is 5.69. The van der Waals surface area contributed by atoms with Gasteiger partial charge in [-0.1, -0.05) is 12.8 Å². The molecule has 2 fully saturated rings. The Balaban J connectivity index is 1.46. The normalized spacial score (nSPS) is 18.5. The van der Waals surface area contributed by atoms with E-state index in [1.54, 1.807) is 6.20 Å². The van der Waals surface area contributed by atoms with Crippen molar-refractivity contribution in [1.82, 2.24) is 20.3 Å². The van der Waals surface area contributed by atoms with Gasteiger partial charge in [-0.2, -0.15) is 4.98 Å². The lowest BCUT2D eigenvalue weighted by atomic mass is 9.95. The molecule has 0 bridgehead atoms. The first kappa shape index (κ1) is 18.2. The smallest absolute Gasteiger partial charge is 0.225 e. The summed E-state index contributed by atoms with van der Waals surface area (Å²) in [5.74, 6) is 2.44. The number of anilines is 2. The number of piperidine rings is 1. The molecule has 0 unspecified atom stereocenters. The molecule has 3 N–H and O–H groups in total.